The highest BCUT2D eigenvalue weighted by atomic mass is 16.5. The molecule has 0 bridgehead atoms. The van der Waals surface area contributed by atoms with Crippen LogP contribution in [0.5, 0.6) is 0 Å². The third kappa shape index (κ3) is 4.43. The van der Waals surface area contributed by atoms with Crippen molar-refractivity contribution in [2.24, 2.45) is 5.73 Å². The number of fused-ring (bicyclic) bond motifs is 2. The van der Waals surface area contributed by atoms with Gasteiger partial charge in [0.05, 0.1) is 24.3 Å². The van der Waals surface area contributed by atoms with E-state index < -0.39 is 0 Å². The second-order valence-electron chi connectivity index (χ2n) is 8.83. The molecule has 1 atom stereocenters. The van der Waals surface area contributed by atoms with Crippen molar-refractivity contribution in [3.63, 3.8) is 0 Å². The quantitative estimate of drug-likeness (QED) is 0.655. The predicted octanol–water partition coefficient (Wildman–Crippen LogP) is 3.64. The minimum Gasteiger partial charge on any atom is -0.373 e. The lowest BCUT2D eigenvalue weighted by atomic mass is 9.93. The van der Waals surface area contributed by atoms with Crippen molar-refractivity contribution in [3.05, 3.63) is 76.9 Å². The molecule has 0 saturated carbocycles. The van der Waals surface area contributed by atoms with Gasteiger partial charge in [0.25, 0.3) is 0 Å². The molecule has 1 amide bonds. The van der Waals surface area contributed by atoms with Crippen molar-refractivity contribution < 1.29 is 9.53 Å². The molecule has 6 nitrogen and oxygen atoms in total. The fourth-order valence-corrected chi connectivity index (χ4v) is 5.05. The molecule has 1 fully saturated rings. The van der Waals surface area contributed by atoms with E-state index in [1.807, 2.05) is 30.3 Å². The molecule has 0 unspecified atom stereocenters. The first-order valence-electron chi connectivity index (χ1n) is 11.6. The number of carbonyl (C=O) groups excluding carboxylic acids is 1. The van der Waals surface area contributed by atoms with Gasteiger partial charge in [-0.1, -0.05) is 24.3 Å². The van der Waals surface area contributed by atoms with Gasteiger partial charge in [-0.2, -0.15) is 5.26 Å². The van der Waals surface area contributed by atoms with Gasteiger partial charge in [0.15, 0.2) is 0 Å². The average molecular weight is 441 g/mol. The third-order valence-electron chi connectivity index (χ3n) is 6.87. The zero-order valence-electron chi connectivity index (χ0n) is 18.7. The van der Waals surface area contributed by atoms with E-state index in [0.717, 1.165) is 51.0 Å². The van der Waals surface area contributed by atoms with Crippen LogP contribution < -0.4 is 10.6 Å². The molecule has 5 rings (SSSR count). The molecule has 0 radical (unpaired) electrons. The first kappa shape index (κ1) is 21.4. The van der Waals surface area contributed by atoms with Crippen LogP contribution >= 0.6 is 0 Å². The molecule has 0 aromatic heterocycles. The fraction of sp³-hybridized carbons (Fsp3) is 0.333. The SMILES string of the molecule is N#Cc1ccc2c(N3CCN(CC[C@@H]4OCCc5cc(C(N)=O)ccc54)CC3)cccc2c1. The van der Waals surface area contributed by atoms with Crippen LogP contribution in [0.3, 0.4) is 0 Å². The zero-order valence-corrected chi connectivity index (χ0v) is 18.7. The van der Waals surface area contributed by atoms with Crippen LogP contribution in [0, 0.1) is 11.3 Å². The Hall–Kier alpha value is -3.40. The maximum Gasteiger partial charge on any atom is 0.248 e. The number of hydrogen-bond acceptors (Lipinski definition) is 5. The number of ether oxygens (including phenoxy) is 1. The summed E-state index contributed by atoms with van der Waals surface area (Å²) in [4.78, 5) is 16.5. The summed E-state index contributed by atoms with van der Waals surface area (Å²) in [6.45, 7) is 5.63. The van der Waals surface area contributed by atoms with Crippen LogP contribution in [0.4, 0.5) is 5.69 Å². The van der Waals surface area contributed by atoms with Crippen molar-refractivity contribution in [1.29, 1.82) is 5.26 Å². The van der Waals surface area contributed by atoms with Crippen molar-refractivity contribution >= 4 is 22.4 Å². The molecule has 0 aliphatic carbocycles. The highest BCUT2D eigenvalue weighted by molar-refractivity contribution is 5.95. The standard InChI is InChI=1S/C27H28N4O2/c28-18-19-4-6-23-20(16-19)2-1-3-25(23)31-13-11-30(12-14-31)10-8-26-24-7-5-22(27(29)32)17-21(24)9-15-33-26/h1-7,16-17,26H,8-15H2,(H2,29,32)/t26-/m0/s1. The van der Waals surface area contributed by atoms with Crippen molar-refractivity contribution in [3.8, 4) is 6.07 Å². The maximum atomic E-state index is 11.5. The fourth-order valence-electron chi connectivity index (χ4n) is 5.05. The van der Waals surface area contributed by atoms with Gasteiger partial charge < -0.3 is 15.4 Å². The molecule has 6 heteroatoms. The summed E-state index contributed by atoms with van der Waals surface area (Å²) in [7, 11) is 0. The Bertz CT molecular complexity index is 1220. The van der Waals surface area contributed by atoms with E-state index in [9.17, 15) is 10.1 Å². The van der Waals surface area contributed by atoms with E-state index in [-0.39, 0.29) is 12.0 Å². The van der Waals surface area contributed by atoms with Gasteiger partial charge in [0.2, 0.25) is 5.91 Å². The van der Waals surface area contributed by atoms with Crippen LogP contribution in [0.15, 0.2) is 54.6 Å². The van der Waals surface area contributed by atoms with Crippen molar-refractivity contribution in [1.82, 2.24) is 4.90 Å². The van der Waals surface area contributed by atoms with Crippen molar-refractivity contribution in [2.45, 2.75) is 18.9 Å². The monoisotopic (exact) mass is 440 g/mol. The number of primary amides is 1. The lowest BCUT2D eigenvalue weighted by Gasteiger charge is -2.37. The van der Waals surface area contributed by atoms with E-state index in [0.29, 0.717) is 17.7 Å². The number of piperazine rings is 1. The highest BCUT2D eigenvalue weighted by Gasteiger charge is 2.24. The zero-order chi connectivity index (χ0) is 22.8. The van der Waals surface area contributed by atoms with Crippen LogP contribution in [0.25, 0.3) is 10.8 Å². The molecule has 3 aromatic carbocycles. The number of amides is 1. The molecule has 168 valence electrons. The van der Waals surface area contributed by atoms with Gasteiger partial charge in [-0.05, 0) is 59.7 Å². The Balaban J connectivity index is 1.21. The molecule has 2 aliphatic heterocycles. The van der Waals surface area contributed by atoms with E-state index in [1.165, 1.54) is 22.2 Å². The normalized spacial score (nSPS) is 18.6. The van der Waals surface area contributed by atoms with Crippen LogP contribution in [0.1, 0.15) is 39.6 Å². The summed E-state index contributed by atoms with van der Waals surface area (Å²) in [5.41, 5.74) is 10.3. The Morgan fingerprint density at radius 1 is 1.09 bits per heavy atom. The molecular weight excluding hydrogens is 412 g/mol. The van der Waals surface area contributed by atoms with Gasteiger partial charge in [-0.15, -0.1) is 0 Å². The van der Waals surface area contributed by atoms with Gasteiger partial charge in [0.1, 0.15) is 0 Å². The summed E-state index contributed by atoms with van der Waals surface area (Å²) < 4.78 is 6.08. The molecule has 2 N–H and O–H groups in total. The summed E-state index contributed by atoms with van der Waals surface area (Å²) in [5, 5.41) is 11.5. The van der Waals surface area contributed by atoms with Crippen LogP contribution in [0.2, 0.25) is 0 Å². The number of nitrogens with zero attached hydrogens (tertiary/aromatic N) is 3. The number of hydrogen-bond donors (Lipinski definition) is 1. The van der Waals surface area contributed by atoms with Gasteiger partial charge in [-0.25, -0.2) is 0 Å². The third-order valence-corrected chi connectivity index (χ3v) is 6.87. The van der Waals surface area contributed by atoms with Crippen LogP contribution in [-0.4, -0.2) is 50.1 Å². The van der Waals surface area contributed by atoms with Gasteiger partial charge >= 0.3 is 0 Å². The number of rotatable bonds is 5. The second-order valence-corrected chi connectivity index (χ2v) is 8.83. The highest BCUT2D eigenvalue weighted by Crippen LogP contribution is 2.31. The number of carbonyl (C=O) groups is 1. The first-order valence-corrected chi connectivity index (χ1v) is 11.6. The molecule has 2 aliphatic rings. The van der Waals surface area contributed by atoms with Gasteiger partial charge in [-0.3, -0.25) is 9.69 Å². The van der Waals surface area contributed by atoms with E-state index in [4.69, 9.17) is 10.5 Å². The summed E-state index contributed by atoms with van der Waals surface area (Å²) in [6, 6.07) is 20.2. The van der Waals surface area contributed by atoms with Crippen molar-refractivity contribution in [2.75, 3.05) is 44.2 Å². The number of nitrogens with two attached hydrogens (primary N) is 1. The number of nitriles is 1. The number of benzene rings is 3. The van der Waals surface area contributed by atoms with E-state index in [1.54, 1.807) is 0 Å². The summed E-state index contributed by atoms with van der Waals surface area (Å²) in [5.74, 6) is -0.379. The number of anilines is 1. The predicted molar refractivity (Wildman–Crippen MR) is 129 cm³/mol. The Morgan fingerprint density at radius 2 is 1.94 bits per heavy atom. The lowest BCUT2D eigenvalue weighted by molar-refractivity contribution is 0.0289. The minimum absolute atomic E-state index is 0.0705. The van der Waals surface area contributed by atoms with Gasteiger partial charge in [0, 0.05) is 49.4 Å². The molecular formula is C27H28N4O2. The summed E-state index contributed by atoms with van der Waals surface area (Å²) in [6.07, 6.45) is 1.83. The maximum absolute atomic E-state index is 11.5. The van der Waals surface area contributed by atoms with E-state index in [2.05, 4.69) is 40.1 Å². The smallest absolute Gasteiger partial charge is 0.248 e. The molecule has 2 heterocycles. The average Bonchev–Trinajstić information content (AvgIpc) is 2.86. The first-order chi connectivity index (χ1) is 16.1. The second kappa shape index (κ2) is 9.22. The topological polar surface area (TPSA) is 82.6 Å². The van der Waals surface area contributed by atoms with Crippen LogP contribution in [-0.2, 0) is 11.2 Å². The lowest BCUT2D eigenvalue weighted by Crippen LogP contribution is -2.47. The molecule has 33 heavy (non-hydrogen) atoms. The Morgan fingerprint density at radius 3 is 2.73 bits per heavy atom. The minimum atomic E-state index is -0.379. The Labute approximate surface area is 194 Å². The summed E-state index contributed by atoms with van der Waals surface area (Å²) >= 11 is 0. The largest absolute Gasteiger partial charge is 0.373 e. The molecule has 3 aromatic rings. The molecule has 1 saturated heterocycles. The van der Waals surface area contributed by atoms with E-state index >= 15 is 0 Å². The molecule has 0 spiro atoms. The Kier molecular flexibility index (Phi) is 5.99.